The third-order valence-electron chi connectivity index (χ3n) is 5.19. The van der Waals surface area contributed by atoms with Crippen LogP contribution in [0.2, 0.25) is 0 Å². The number of hydrogen-bond donors (Lipinski definition) is 2. The van der Waals surface area contributed by atoms with E-state index >= 15 is 0 Å². The predicted octanol–water partition coefficient (Wildman–Crippen LogP) is 0.0658. The maximum absolute atomic E-state index is 13.2. The van der Waals surface area contributed by atoms with Crippen LogP contribution >= 0.6 is 0 Å². The number of ether oxygens (including phenoxy) is 1. The zero-order valence-corrected chi connectivity index (χ0v) is 17.2. The fourth-order valence-electron chi connectivity index (χ4n) is 3.49. The minimum absolute atomic E-state index is 0.139. The topological polar surface area (TPSA) is 143 Å². The first-order valence-electron chi connectivity index (χ1n) is 9.91. The molecule has 2 aromatic rings. The number of nitriles is 1. The summed E-state index contributed by atoms with van der Waals surface area (Å²) in [7, 11) is 1.50. The Kier molecular flexibility index (Phi) is 6.99. The number of hydrogen-bond acceptors (Lipinski definition) is 7. The van der Waals surface area contributed by atoms with Crippen molar-refractivity contribution in [2.75, 3.05) is 38.3 Å². The molecule has 1 aliphatic heterocycles. The monoisotopic (exact) mass is 424 g/mol. The van der Waals surface area contributed by atoms with E-state index in [1.807, 2.05) is 11.0 Å². The second-order valence-corrected chi connectivity index (χ2v) is 7.17. The van der Waals surface area contributed by atoms with Crippen molar-refractivity contribution < 1.29 is 14.3 Å². The Hall–Kier alpha value is -3.71. The Morgan fingerprint density at radius 1 is 1.39 bits per heavy atom. The molecule has 2 amide bonds. The van der Waals surface area contributed by atoms with Crippen LogP contribution < -0.4 is 21.5 Å². The molecule has 1 aliphatic rings. The molecule has 0 spiro atoms. The van der Waals surface area contributed by atoms with Gasteiger partial charge in [-0.05, 0) is 31.1 Å². The standard InChI is InChI=1S/C21H24N6O4/c1-31-11-7-24-20(29)15(13-22)12-16-19(26-9-5-14(6-10-26)18(23)28)25-17-4-2-3-8-27(17)21(16)30/h2-4,8,12,14H,5-7,9-11H2,1H3,(H2,23,28)(H,24,29). The average Bonchev–Trinajstić information content (AvgIpc) is 2.78. The van der Waals surface area contributed by atoms with Gasteiger partial charge in [-0.2, -0.15) is 5.26 Å². The first kappa shape index (κ1) is 22.0. The van der Waals surface area contributed by atoms with Crippen molar-refractivity contribution >= 4 is 29.4 Å². The highest BCUT2D eigenvalue weighted by molar-refractivity contribution is 6.02. The number of anilines is 1. The van der Waals surface area contributed by atoms with Crippen molar-refractivity contribution in [2.45, 2.75) is 12.8 Å². The van der Waals surface area contributed by atoms with Crippen LogP contribution in [0.25, 0.3) is 11.7 Å². The Bertz CT molecular complexity index is 1110. The lowest BCUT2D eigenvalue weighted by molar-refractivity contribution is -0.122. The van der Waals surface area contributed by atoms with Gasteiger partial charge in [-0.3, -0.25) is 18.8 Å². The highest BCUT2D eigenvalue weighted by Crippen LogP contribution is 2.25. The minimum Gasteiger partial charge on any atom is -0.383 e. The van der Waals surface area contributed by atoms with Gasteiger partial charge in [0.15, 0.2) is 0 Å². The van der Waals surface area contributed by atoms with Gasteiger partial charge in [-0.1, -0.05) is 6.07 Å². The maximum Gasteiger partial charge on any atom is 0.267 e. The van der Waals surface area contributed by atoms with Crippen molar-refractivity contribution in [2.24, 2.45) is 11.7 Å². The largest absolute Gasteiger partial charge is 0.383 e. The van der Waals surface area contributed by atoms with E-state index < -0.39 is 11.5 Å². The summed E-state index contributed by atoms with van der Waals surface area (Å²) in [4.78, 5) is 43.6. The first-order valence-corrected chi connectivity index (χ1v) is 9.91. The predicted molar refractivity (Wildman–Crippen MR) is 114 cm³/mol. The van der Waals surface area contributed by atoms with Crippen LogP contribution in [0.15, 0.2) is 34.8 Å². The molecule has 162 valence electrons. The molecule has 0 unspecified atom stereocenters. The molecule has 0 atom stereocenters. The smallest absolute Gasteiger partial charge is 0.267 e. The molecule has 1 saturated heterocycles. The Balaban J connectivity index is 2.04. The van der Waals surface area contributed by atoms with Crippen LogP contribution in [0.4, 0.5) is 5.82 Å². The van der Waals surface area contributed by atoms with Crippen molar-refractivity contribution in [3.05, 3.63) is 45.9 Å². The van der Waals surface area contributed by atoms with Gasteiger partial charge in [0.1, 0.15) is 23.1 Å². The summed E-state index contributed by atoms with van der Waals surface area (Å²) in [5, 5.41) is 12.1. The molecule has 2 aromatic heterocycles. The van der Waals surface area contributed by atoms with Crippen molar-refractivity contribution in [1.29, 1.82) is 5.26 Å². The molecule has 0 saturated carbocycles. The number of rotatable bonds is 7. The molecule has 10 heteroatoms. The zero-order valence-electron chi connectivity index (χ0n) is 17.2. The lowest BCUT2D eigenvalue weighted by Gasteiger charge is -2.32. The number of amides is 2. The number of methoxy groups -OCH3 is 1. The van der Waals surface area contributed by atoms with E-state index in [0.29, 0.717) is 44.0 Å². The van der Waals surface area contributed by atoms with E-state index in [1.54, 1.807) is 24.4 Å². The van der Waals surface area contributed by atoms with Gasteiger partial charge in [0.05, 0.1) is 12.2 Å². The number of nitrogens with one attached hydrogen (secondary N) is 1. The fourth-order valence-corrected chi connectivity index (χ4v) is 3.49. The summed E-state index contributed by atoms with van der Waals surface area (Å²) in [6, 6.07) is 7.03. The van der Waals surface area contributed by atoms with E-state index in [0.717, 1.165) is 0 Å². The van der Waals surface area contributed by atoms with Crippen molar-refractivity contribution in [1.82, 2.24) is 14.7 Å². The number of piperidine rings is 1. The molecule has 3 heterocycles. The molecule has 10 nitrogen and oxygen atoms in total. The summed E-state index contributed by atoms with van der Waals surface area (Å²) in [5.74, 6) is -0.795. The molecule has 0 radical (unpaired) electrons. The Morgan fingerprint density at radius 3 is 2.77 bits per heavy atom. The second kappa shape index (κ2) is 9.86. The van der Waals surface area contributed by atoms with Crippen LogP contribution in [0.5, 0.6) is 0 Å². The van der Waals surface area contributed by atoms with E-state index in [9.17, 15) is 19.6 Å². The molecule has 31 heavy (non-hydrogen) atoms. The SMILES string of the molecule is COCCNC(=O)C(C#N)=Cc1c(N2CCC(C(N)=O)CC2)nc2ccccn2c1=O. The van der Waals surface area contributed by atoms with E-state index in [1.165, 1.54) is 17.6 Å². The molecular weight excluding hydrogens is 400 g/mol. The van der Waals surface area contributed by atoms with Gasteiger partial charge in [0.25, 0.3) is 11.5 Å². The van der Waals surface area contributed by atoms with Crippen LogP contribution in [0.1, 0.15) is 18.4 Å². The number of carbonyl (C=O) groups excluding carboxylic acids is 2. The molecular formula is C21H24N6O4. The highest BCUT2D eigenvalue weighted by atomic mass is 16.5. The van der Waals surface area contributed by atoms with Gasteiger partial charge in [-0.25, -0.2) is 4.98 Å². The fraction of sp³-hybridized carbons (Fsp3) is 0.381. The van der Waals surface area contributed by atoms with Gasteiger partial charge in [0, 0.05) is 38.9 Å². The van der Waals surface area contributed by atoms with Crippen LogP contribution in [-0.2, 0) is 14.3 Å². The molecule has 1 fully saturated rings. The number of primary amides is 1. The third-order valence-corrected chi connectivity index (χ3v) is 5.19. The van der Waals surface area contributed by atoms with Gasteiger partial charge in [0.2, 0.25) is 5.91 Å². The molecule has 3 N–H and O–H groups in total. The lowest BCUT2D eigenvalue weighted by atomic mass is 9.96. The van der Waals surface area contributed by atoms with Gasteiger partial charge >= 0.3 is 0 Å². The quantitative estimate of drug-likeness (QED) is 0.364. The molecule has 3 rings (SSSR count). The average molecular weight is 424 g/mol. The van der Waals surface area contributed by atoms with Crippen molar-refractivity contribution in [3.63, 3.8) is 0 Å². The van der Waals surface area contributed by atoms with Gasteiger partial charge in [-0.15, -0.1) is 0 Å². The Morgan fingerprint density at radius 2 is 2.13 bits per heavy atom. The van der Waals surface area contributed by atoms with Crippen LogP contribution in [-0.4, -0.2) is 54.5 Å². The number of fused-ring (bicyclic) bond motifs is 1. The highest BCUT2D eigenvalue weighted by Gasteiger charge is 2.26. The number of carbonyl (C=O) groups is 2. The van der Waals surface area contributed by atoms with E-state index in [-0.39, 0.29) is 29.5 Å². The van der Waals surface area contributed by atoms with Crippen molar-refractivity contribution in [3.8, 4) is 6.07 Å². The van der Waals surface area contributed by atoms with Gasteiger partial charge < -0.3 is 20.7 Å². The summed E-state index contributed by atoms with van der Waals surface area (Å²) in [6.45, 7) is 1.49. The third kappa shape index (κ3) is 4.90. The second-order valence-electron chi connectivity index (χ2n) is 7.17. The Labute approximate surface area is 178 Å². The molecule has 0 bridgehead atoms. The normalized spacial score (nSPS) is 15.0. The number of pyridine rings is 1. The summed E-state index contributed by atoms with van der Waals surface area (Å²) in [6.07, 6.45) is 3.93. The number of nitrogens with two attached hydrogens (primary N) is 1. The molecule has 0 aliphatic carbocycles. The first-order chi connectivity index (χ1) is 15.0. The minimum atomic E-state index is -0.601. The number of nitrogens with zero attached hydrogens (tertiary/aromatic N) is 4. The lowest BCUT2D eigenvalue weighted by Crippen LogP contribution is -2.40. The van der Waals surface area contributed by atoms with Crippen LogP contribution in [0, 0.1) is 17.2 Å². The maximum atomic E-state index is 13.2. The zero-order chi connectivity index (χ0) is 22.4. The summed E-state index contributed by atoms with van der Waals surface area (Å²) >= 11 is 0. The van der Waals surface area contributed by atoms with Crippen LogP contribution in [0.3, 0.4) is 0 Å². The number of aromatic nitrogens is 2. The van der Waals surface area contributed by atoms with E-state index in [2.05, 4.69) is 10.3 Å². The summed E-state index contributed by atoms with van der Waals surface area (Å²) in [5.41, 5.74) is 5.40. The summed E-state index contributed by atoms with van der Waals surface area (Å²) < 4.78 is 6.26. The molecule has 0 aromatic carbocycles. The van der Waals surface area contributed by atoms with E-state index in [4.69, 9.17) is 10.5 Å².